The molecule has 4 rings (SSSR count). The molecular weight excluding hydrogens is 479 g/mol. The van der Waals surface area contributed by atoms with Gasteiger partial charge in [-0.05, 0) is 25.8 Å². The summed E-state index contributed by atoms with van der Waals surface area (Å²) in [6.45, 7) is -0.577. The number of halogens is 3. The lowest BCUT2D eigenvalue weighted by molar-refractivity contribution is -0.0488. The number of fused-ring (bicyclic) bond motifs is 1. The number of piperazine rings is 1. The van der Waals surface area contributed by atoms with Crippen molar-refractivity contribution in [3.05, 3.63) is 27.7 Å². The van der Waals surface area contributed by atoms with E-state index in [0.717, 1.165) is 16.9 Å². The average Bonchev–Trinajstić information content (AvgIpc) is 3.59. The van der Waals surface area contributed by atoms with Gasteiger partial charge in [-0.1, -0.05) is 0 Å². The van der Waals surface area contributed by atoms with E-state index in [0.29, 0.717) is 25.9 Å². The quantitative estimate of drug-likeness (QED) is 0.573. The third-order valence-electron chi connectivity index (χ3n) is 5.71. The molecule has 0 bridgehead atoms. The second-order valence-electron chi connectivity index (χ2n) is 8.15. The zero-order valence-electron chi connectivity index (χ0n) is 18.6. The number of esters is 1. The highest BCUT2D eigenvalue weighted by molar-refractivity contribution is 7.90. The van der Waals surface area contributed by atoms with Gasteiger partial charge < -0.3 is 24.3 Å². The smallest absolute Gasteiger partial charge is 0.387 e. The molecule has 1 aromatic heterocycles. The lowest BCUT2D eigenvalue weighted by Gasteiger charge is -2.32. The maximum absolute atomic E-state index is 15.4. The van der Waals surface area contributed by atoms with Crippen LogP contribution >= 0.6 is 0 Å². The van der Waals surface area contributed by atoms with Gasteiger partial charge in [0, 0.05) is 38.5 Å². The van der Waals surface area contributed by atoms with E-state index in [1.807, 2.05) is 0 Å². The second kappa shape index (κ2) is 9.10. The van der Waals surface area contributed by atoms with E-state index in [-0.39, 0.29) is 30.9 Å². The molecule has 2 fully saturated rings. The molecule has 186 valence electrons. The van der Waals surface area contributed by atoms with Crippen molar-refractivity contribution in [2.45, 2.75) is 37.4 Å². The van der Waals surface area contributed by atoms with Gasteiger partial charge in [0.25, 0.3) is 0 Å². The fourth-order valence-corrected chi connectivity index (χ4v) is 5.43. The van der Waals surface area contributed by atoms with Gasteiger partial charge in [0.05, 0.1) is 17.5 Å². The number of aromatic nitrogens is 1. The van der Waals surface area contributed by atoms with Crippen LogP contribution in [0.15, 0.2) is 15.9 Å². The number of pyridine rings is 1. The molecule has 9 nitrogen and oxygen atoms in total. The second-order valence-corrected chi connectivity index (χ2v) is 10.1. The van der Waals surface area contributed by atoms with Crippen LogP contribution in [0.2, 0.25) is 0 Å². The summed E-state index contributed by atoms with van der Waals surface area (Å²) in [5.74, 6) is -2.81. The van der Waals surface area contributed by atoms with E-state index in [1.54, 1.807) is 0 Å². The van der Waals surface area contributed by atoms with Gasteiger partial charge in [0.2, 0.25) is 5.43 Å². The third kappa shape index (κ3) is 4.33. The van der Waals surface area contributed by atoms with Crippen LogP contribution in [0.4, 0.5) is 18.9 Å². The number of carbonyl (C=O) groups excluding carboxylic acids is 1. The molecule has 0 atom stereocenters. The number of alkyl halides is 2. The Bertz CT molecular complexity index is 1300. The normalized spacial score (nSPS) is 16.8. The first-order chi connectivity index (χ1) is 16.1. The van der Waals surface area contributed by atoms with E-state index < -0.39 is 61.4 Å². The molecule has 13 heteroatoms. The molecule has 0 spiro atoms. The van der Waals surface area contributed by atoms with Crippen molar-refractivity contribution in [3.63, 3.8) is 0 Å². The summed E-state index contributed by atoms with van der Waals surface area (Å²) in [6, 6.07) is 0.337. The highest BCUT2D eigenvalue weighted by atomic mass is 32.2. The maximum atomic E-state index is 15.4. The van der Waals surface area contributed by atoms with Crippen LogP contribution < -0.4 is 20.4 Å². The minimum Gasteiger partial charge on any atom is -0.462 e. The summed E-state index contributed by atoms with van der Waals surface area (Å²) in [5.41, 5.74) is -2.47. The Hall–Kier alpha value is -2.80. The van der Waals surface area contributed by atoms with Crippen molar-refractivity contribution in [3.8, 4) is 5.75 Å². The number of benzene rings is 1. The van der Waals surface area contributed by atoms with Gasteiger partial charge in [-0.15, -0.1) is 0 Å². The predicted octanol–water partition coefficient (Wildman–Crippen LogP) is 2.07. The van der Waals surface area contributed by atoms with E-state index >= 15 is 4.39 Å². The molecule has 2 aromatic rings. The summed E-state index contributed by atoms with van der Waals surface area (Å²) in [7, 11) is -4.24. The monoisotopic (exact) mass is 503 g/mol. The molecule has 2 aliphatic rings. The van der Waals surface area contributed by atoms with Crippen LogP contribution in [-0.4, -0.2) is 64.6 Å². The van der Waals surface area contributed by atoms with Gasteiger partial charge in [0.1, 0.15) is 11.3 Å². The van der Waals surface area contributed by atoms with Crippen LogP contribution in [0.5, 0.6) is 5.75 Å². The highest BCUT2D eigenvalue weighted by Crippen LogP contribution is 2.46. The van der Waals surface area contributed by atoms with Crippen LogP contribution in [-0.2, 0) is 14.6 Å². The zero-order chi connectivity index (χ0) is 24.8. The van der Waals surface area contributed by atoms with Crippen molar-refractivity contribution in [1.82, 2.24) is 9.88 Å². The lowest BCUT2D eigenvalue weighted by atomic mass is 10.1. The lowest BCUT2D eigenvalue weighted by Crippen LogP contribution is -2.44. The number of nitrogens with zero attached hydrogens (tertiary/aromatic N) is 2. The number of rotatable bonds is 7. The molecule has 0 radical (unpaired) electrons. The predicted molar refractivity (Wildman–Crippen MR) is 117 cm³/mol. The summed E-state index contributed by atoms with van der Waals surface area (Å²) < 4.78 is 79.1. The first-order valence-corrected chi connectivity index (χ1v) is 12.7. The average molecular weight is 503 g/mol. The van der Waals surface area contributed by atoms with Crippen molar-refractivity contribution in [2.75, 3.05) is 43.9 Å². The number of anilines is 1. The molecule has 0 unspecified atom stereocenters. The number of nitrogens with one attached hydrogen (secondary N) is 1. The fraction of sp³-hybridized carbons (Fsp3) is 0.524. The fourth-order valence-electron chi connectivity index (χ4n) is 4.28. The van der Waals surface area contributed by atoms with Crippen LogP contribution in [0.3, 0.4) is 0 Å². The SMILES string of the molecule is CCOC(=O)c1c(S(C)(=O)=O)n(C2CC2)c2c(OC(F)F)c(N3CCNCC3)c(F)cc2c1=O. The zero-order valence-corrected chi connectivity index (χ0v) is 19.4. The molecule has 1 aromatic carbocycles. The Morgan fingerprint density at radius 3 is 2.44 bits per heavy atom. The molecular formula is C21H24F3N3O6S. The largest absolute Gasteiger partial charge is 0.462 e. The van der Waals surface area contributed by atoms with Crippen molar-refractivity contribution in [1.29, 1.82) is 0 Å². The van der Waals surface area contributed by atoms with Gasteiger partial charge in [-0.3, -0.25) is 4.79 Å². The molecule has 1 aliphatic heterocycles. The summed E-state index contributed by atoms with van der Waals surface area (Å²) >= 11 is 0. The van der Waals surface area contributed by atoms with Crippen molar-refractivity contribution in [2.24, 2.45) is 0 Å². The Morgan fingerprint density at radius 2 is 1.91 bits per heavy atom. The van der Waals surface area contributed by atoms with E-state index in [4.69, 9.17) is 9.47 Å². The molecule has 0 amide bonds. The summed E-state index contributed by atoms with van der Waals surface area (Å²) in [6.07, 6.45) is 1.75. The Balaban J connectivity index is 2.20. The molecule has 1 N–H and O–H groups in total. The van der Waals surface area contributed by atoms with Gasteiger partial charge >= 0.3 is 12.6 Å². The summed E-state index contributed by atoms with van der Waals surface area (Å²) in [4.78, 5) is 27.6. The Kier molecular flexibility index (Phi) is 6.51. The van der Waals surface area contributed by atoms with Gasteiger partial charge in [-0.2, -0.15) is 8.78 Å². The third-order valence-corrected chi connectivity index (χ3v) is 6.81. The number of hydrogen-bond acceptors (Lipinski definition) is 8. The highest BCUT2D eigenvalue weighted by Gasteiger charge is 2.38. The standard InChI is InChI=1S/C21H24F3N3O6S/c1-3-32-20(29)14-17(28)12-10-13(22)16(26-8-6-25-7-9-26)18(33-21(23)24)15(12)27(11-4-5-11)19(14)34(2,30)31/h10-11,21,25H,3-9H2,1-2H3. The molecule has 1 saturated heterocycles. The number of sulfone groups is 1. The van der Waals surface area contributed by atoms with Gasteiger partial charge in [0.15, 0.2) is 26.4 Å². The number of ether oxygens (including phenoxy) is 2. The van der Waals surface area contributed by atoms with Crippen LogP contribution in [0.1, 0.15) is 36.2 Å². The molecule has 2 heterocycles. The van der Waals surface area contributed by atoms with Crippen LogP contribution in [0.25, 0.3) is 10.9 Å². The number of carbonyl (C=O) groups is 1. The summed E-state index contributed by atoms with van der Waals surface area (Å²) in [5, 5.41) is 1.99. The van der Waals surface area contributed by atoms with Crippen molar-refractivity contribution >= 4 is 32.4 Å². The Labute approximate surface area is 193 Å². The Morgan fingerprint density at radius 1 is 1.26 bits per heavy atom. The maximum Gasteiger partial charge on any atom is 0.387 e. The van der Waals surface area contributed by atoms with E-state index in [9.17, 15) is 26.8 Å². The minimum atomic E-state index is -4.24. The molecule has 1 aliphatic carbocycles. The molecule has 1 saturated carbocycles. The van der Waals surface area contributed by atoms with Crippen LogP contribution in [0, 0.1) is 5.82 Å². The first kappa shape index (κ1) is 24.3. The minimum absolute atomic E-state index is 0.140. The topological polar surface area (TPSA) is 107 Å². The van der Waals surface area contributed by atoms with Gasteiger partial charge in [-0.25, -0.2) is 17.6 Å². The number of hydrogen-bond donors (Lipinski definition) is 1. The molecule has 34 heavy (non-hydrogen) atoms. The van der Waals surface area contributed by atoms with E-state index in [1.165, 1.54) is 11.8 Å². The van der Waals surface area contributed by atoms with Crippen molar-refractivity contribution < 1.29 is 35.9 Å². The first-order valence-electron chi connectivity index (χ1n) is 10.8. The van der Waals surface area contributed by atoms with E-state index in [2.05, 4.69) is 5.32 Å².